The zero-order valence-corrected chi connectivity index (χ0v) is 16.2. The lowest BCUT2D eigenvalue weighted by molar-refractivity contribution is 0.101. The Labute approximate surface area is 174 Å². The molecule has 2 aromatic carbocycles. The molecule has 1 aliphatic rings. The van der Waals surface area contributed by atoms with Crippen molar-refractivity contribution in [3.8, 4) is 22.5 Å². The zero-order valence-electron chi connectivity index (χ0n) is 16.2. The van der Waals surface area contributed by atoms with Crippen LogP contribution in [0.4, 0.5) is 0 Å². The van der Waals surface area contributed by atoms with E-state index in [1.165, 1.54) is 0 Å². The van der Waals surface area contributed by atoms with Gasteiger partial charge in [-0.1, -0.05) is 48.5 Å². The van der Waals surface area contributed by atoms with Crippen LogP contribution in [0.15, 0.2) is 90.3 Å². The first-order chi connectivity index (χ1) is 14.8. The minimum absolute atomic E-state index is 0.180. The number of amides is 1. The summed E-state index contributed by atoms with van der Waals surface area (Å²) in [6.45, 7) is 0. The molecule has 0 radical (unpaired) electrons. The van der Waals surface area contributed by atoms with Gasteiger partial charge in [0.2, 0.25) is 0 Å². The Morgan fingerprint density at radius 1 is 0.700 bits per heavy atom. The van der Waals surface area contributed by atoms with Gasteiger partial charge in [-0.3, -0.25) is 9.78 Å². The molecule has 5 nitrogen and oxygen atoms in total. The normalized spacial score (nSPS) is 12.5. The third-order valence-electron chi connectivity index (χ3n) is 5.18. The first kappa shape index (κ1) is 18.1. The molecule has 0 atom stereocenters. The first-order valence-corrected chi connectivity index (χ1v) is 9.82. The average molecular weight is 390 g/mol. The van der Waals surface area contributed by atoms with Gasteiger partial charge in [0.1, 0.15) is 0 Å². The molecule has 0 unspecified atom stereocenters. The molecule has 2 aromatic heterocycles. The maximum Gasteiger partial charge on any atom is 0.278 e. The Morgan fingerprint density at radius 3 is 2.33 bits per heavy atom. The molecule has 144 valence electrons. The fourth-order valence-corrected chi connectivity index (χ4v) is 3.73. The van der Waals surface area contributed by atoms with Crippen molar-refractivity contribution in [2.75, 3.05) is 0 Å². The average Bonchev–Trinajstić information content (AvgIpc) is 3.15. The number of carbonyl (C=O) groups is 1. The topological polar surface area (TPSA) is 68.1 Å². The van der Waals surface area contributed by atoms with Crippen molar-refractivity contribution in [3.05, 3.63) is 102 Å². The van der Waals surface area contributed by atoms with Crippen LogP contribution in [0.25, 0.3) is 22.5 Å². The summed E-state index contributed by atoms with van der Waals surface area (Å²) in [7, 11) is 0. The summed E-state index contributed by atoms with van der Waals surface area (Å²) < 4.78 is 0. The van der Waals surface area contributed by atoms with Crippen molar-refractivity contribution in [2.24, 2.45) is 4.99 Å². The molecular formula is C25H18N4O. The molecule has 1 aliphatic heterocycles. The summed E-state index contributed by atoms with van der Waals surface area (Å²) in [6, 6.07) is 21.5. The van der Waals surface area contributed by atoms with E-state index >= 15 is 0 Å². The number of hydrogen-bond acceptors (Lipinski definition) is 4. The maximum atomic E-state index is 12.7. The second-order valence-corrected chi connectivity index (χ2v) is 7.07. The molecule has 1 amide bonds. The Balaban J connectivity index is 1.40. The molecule has 4 aromatic rings. The molecule has 0 fully saturated rings. The Bertz CT molecular complexity index is 1250. The molecule has 0 bridgehead atoms. The lowest BCUT2D eigenvalue weighted by atomic mass is 9.94. The highest BCUT2D eigenvalue weighted by Crippen LogP contribution is 2.31. The lowest BCUT2D eigenvalue weighted by Gasteiger charge is -2.08. The van der Waals surface area contributed by atoms with Gasteiger partial charge in [0.15, 0.2) is 5.82 Å². The predicted octanol–water partition coefficient (Wildman–Crippen LogP) is 4.78. The van der Waals surface area contributed by atoms with Crippen molar-refractivity contribution < 1.29 is 4.79 Å². The van der Waals surface area contributed by atoms with Crippen molar-refractivity contribution in [3.63, 3.8) is 0 Å². The summed E-state index contributed by atoms with van der Waals surface area (Å²) in [6.07, 6.45) is 6.57. The van der Waals surface area contributed by atoms with Crippen LogP contribution in [-0.4, -0.2) is 26.6 Å². The van der Waals surface area contributed by atoms with Crippen molar-refractivity contribution in [1.29, 1.82) is 0 Å². The summed E-state index contributed by atoms with van der Waals surface area (Å²) in [5, 5.41) is 0. The van der Waals surface area contributed by atoms with Crippen molar-refractivity contribution in [1.82, 2.24) is 15.0 Å². The smallest absolute Gasteiger partial charge is 0.267 e. The SMILES string of the molecule is O=C1N=C(CCc2ccnc(-c3ccccc3)n2)c2cccc(-c3ccncc3)c21. The summed E-state index contributed by atoms with van der Waals surface area (Å²) in [5.74, 6) is 0.526. The number of carbonyl (C=O) groups excluding carboxylic acids is 1. The van der Waals surface area contributed by atoms with E-state index in [4.69, 9.17) is 0 Å². The Hall–Kier alpha value is -3.99. The van der Waals surface area contributed by atoms with Gasteiger partial charge in [0.25, 0.3) is 5.91 Å². The number of benzene rings is 2. The van der Waals surface area contributed by atoms with E-state index in [0.717, 1.165) is 33.7 Å². The third-order valence-corrected chi connectivity index (χ3v) is 5.18. The number of aromatic nitrogens is 3. The van der Waals surface area contributed by atoms with E-state index in [2.05, 4.69) is 19.9 Å². The van der Waals surface area contributed by atoms with Crippen LogP contribution >= 0.6 is 0 Å². The molecule has 0 saturated carbocycles. The fourth-order valence-electron chi connectivity index (χ4n) is 3.73. The van der Waals surface area contributed by atoms with Crippen LogP contribution in [-0.2, 0) is 6.42 Å². The van der Waals surface area contributed by atoms with E-state index in [0.29, 0.717) is 24.2 Å². The van der Waals surface area contributed by atoms with Gasteiger partial charge < -0.3 is 0 Å². The van der Waals surface area contributed by atoms with E-state index in [9.17, 15) is 4.79 Å². The first-order valence-electron chi connectivity index (χ1n) is 9.82. The number of rotatable bonds is 5. The van der Waals surface area contributed by atoms with Gasteiger partial charge >= 0.3 is 0 Å². The molecule has 5 heteroatoms. The largest absolute Gasteiger partial charge is 0.278 e. The van der Waals surface area contributed by atoms with Crippen molar-refractivity contribution in [2.45, 2.75) is 12.8 Å². The van der Waals surface area contributed by atoms with Gasteiger partial charge in [-0.15, -0.1) is 0 Å². The number of pyridine rings is 1. The Kier molecular flexibility index (Phi) is 4.69. The highest BCUT2D eigenvalue weighted by molar-refractivity contribution is 6.23. The summed E-state index contributed by atoms with van der Waals surface area (Å²) in [5.41, 5.74) is 6.17. The lowest BCUT2D eigenvalue weighted by Crippen LogP contribution is -2.03. The number of aliphatic imine (C=N–C) groups is 1. The molecule has 0 spiro atoms. The van der Waals surface area contributed by atoms with Gasteiger partial charge in [-0.2, -0.15) is 0 Å². The molecule has 0 N–H and O–H groups in total. The quantitative estimate of drug-likeness (QED) is 0.492. The van der Waals surface area contributed by atoms with Gasteiger partial charge in [-0.25, -0.2) is 15.0 Å². The number of nitrogens with zero attached hydrogens (tertiary/aromatic N) is 4. The van der Waals surface area contributed by atoms with E-state index < -0.39 is 0 Å². The van der Waals surface area contributed by atoms with E-state index in [-0.39, 0.29) is 5.91 Å². The minimum Gasteiger partial charge on any atom is -0.267 e. The number of aryl methyl sites for hydroxylation is 1. The van der Waals surface area contributed by atoms with Crippen molar-refractivity contribution >= 4 is 11.6 Å². The molecule has 0 saturated heterocycles. The van der Waals surface area contributed by atoms with Gasteiger partial charge in [0, 0.05) is 35.4 Å². The Morgan fingerprint density at radius 2 is 1.50 bits per heavy atom. The molecule has 30 heavy (non-hydrogen) atoms. The maximum absolute atomic E-state index is 12.7. The van der Waals surface area contributed by atoms with Crippen LogP contribution in [0, 0.1) is 0 Å². The molecule has 3 heterocycles. The highest BCUT2D eigenvalue weighted by atomic mass is 16.1. The van der Waals surface area contributed by atoms with E-state index in [1.54, 1.807) is 18.6 Å². The second kappa shape index (κ2) is 7.79. The summed E-state index contributed by atoms with van der Waals surface area (Å²) in [4.78, 5) is 30.2. The second-order valence-electron chi connectivity index (χ2n) is 7.07. The van der Waals surface area contributed by atoms with Crippen LogP contribution in [0.2, 0.25) is 0 Å². The number of fused-ring (bicyclic) bond motifs is 1. The monoisotopic (exact) mass is 390 g/mol. The number of hydrogen-bond donors (Lipinski definition) is 0. The fraction of sp³-hybridized carbons (Fsp3) is 0.0800. The van der Waals surface area contributed by atoms with Gasteiger partial charge in [-0.05, 0) is 42.2 Å². The predicted molar refractivity (Wildman–Crippen MR) is 116 cm³/mol. The standard InChI is InChI=1S/C25H18N4O/c30-25-23-20(17-11-14-26-15-12-17)7-4-8-21(23)22(29-25)10-9-19-13-16-27-24(28-19)18-5-2-1-3-6-18/h1-8,11-16H,9-10H2. The third kappa shape index (κ3) is 3.42. The molecule has 0 aliphatic carbocycles. The zero-order chi connectivity index (χ0) is 20.3. The van der Waals surface area contributed by atoms with Crippen LogP contribution < -0.4 is 0 Å². The summed E-state index contributed by atoms with van der Waals surface area (Å²) >= 11 is 0. The highest BCUT2D eigenvalue weighted by Gasteiger charge is 2.26. The minimum atomic E-state index is -0.180. The van der Waals surface area contributed by atoms with E-state index in [1.807, 2.05) is 66.7 Å². The van der Waals surface area contributed by atoms with Crippen LogP contribution in [0.3, 0.4) is 0 Å². The molecule has 5 rings (SSSR count). The van der Waals surface area contributed by atoms with Crippen LogP contribution in [0.5, 0.6) is 0 Å². The van der Waals surface area contributed by atoms with Gasteiger partial charge in [0.05, 0.1) is 11.3 Å². The van der Waals surface area contributed by atoms with Crippen LogP contribution in [0.1, 0.15) is 28.0 Å². The molecular weight excluding hydrogens is 372 g/mol.